The zero-order chi connectivity index (χ0) is 15.0. The minimum absolute atomic E-state index is 0.0932. The quantitative estimate of drug-likeness (QED) is 0.698. The van der Waals surface area contributed by atoms with Gasteiger partial charge in [-0.3, -0.25) is 4.79 Å². The van der Waals surface area contributed by atoms with Crippen LogP contribution in [0.1, 0.15) is 39.5 Å². The second-order valence-electron chi connectivity index (χ2n) is 5.47. The van der Waals surface area contributed by atoms with Crippen LogP contribution in [0.4, 0.5) is 0 Å². The number of para-hydroxylation sites is 1. The molecule has 3 rings (SSSR count). The average molecular weight is 277 g/mol. The second kappa shape index (κ2) is 5.21. The van der Waals surface area contributed by atoms with Crippen molar-refractivity contribution in [3.63, 3.8) is 0 Å². The lowest BCUT2D eigenvalue weighted by molar-refractivity contribution is 0.103. The molecule has 0 saturated carbocycles. The second-order valence-corrected chi connectivity index (χ2v) is 5.47. The fourth-order valence-corrected chi connectivity index (χ4v) is 2.84. The Hall–Kier alpha value is -2.35. The van der Waals surface area contributed by atoms with E-state index in [1.54, 1.807) is 0 Å². The number of carbonyl (C=O) groups is 1. The van der Waals surface area contributed by atoms with Crippen LogP contribution in [0.2, 0.25) is 0 Å². The maximum atomic E-state index is 12.9. The fourth-order valence-electron chi connectivity index (χ4n) is 2.84. The lowest BCUT2D eigenvalue weighted by Gasteiger charge is -2.07. The van der Waals surface area contributed by atoms with Gasteiger partial charge in [-0.1, -0.05) is 43.3 Å². The van der Waals surface area contributed by atoms with Crippen LogP contribution in [0.5, 0.6) is 0 Å². The number of aromatic amines is 1. The van der Waals surface area contributed by atoms with Crippen LogP contribution in [0.15, 0.2) is 42.6 Å². The number of aromatic nitrogens is 1. The SMILES string of the molecule is CCc1cccc2c(C(=O)c3cccc(C)c3C)c[nH]c12. The highest BCUT2D eigenvalue weighted by atomic mass is 16.1. The molecule has 1 aromatic heterocycles. The van der Waals surface area contributed by atoms with E-state index in [0.717, 1.165) is 39.6 Å². The number of H-pyrrole nitrogens is 1. The van der Waals surface area contributed by atoms with Gasteiger partial charge in [-0.15, -0.1) is 0 Å². The number of hydrogen-bond donors (Lipinski definition) is 1. The van der Waals surface area contributed by atoms with Crippen molar-refractivity contribution in [2.45, 2.75) is 27.2 Å². The van der Waals surface area contributed by atoms with Crippen molar-refractivity contribution in [2.75, 3.05) is 0 Å². The van der Waals surface area contributed by atoms with Crippen molar-refractivity contribution < 1.29 is 4.79 Å². The van der Waals surface area contributed by atoms with Crippen LogP contribution in [0.25, 0.3) is 10.9 Å². The molecule has 0 bridgehead atoms. The third kappa shape index (κ3) is 2.17. The molecule has 0 amide bonds. The van der Waals surface area contributed by atoms with Crippen molar-refractivity contribution in [1.29, 1.82) is 0 Å². The third-order valence-corrected chi connectivity index (χ3v) is 4.28. The van der Waals surface area contributed by atoms with Crippen LogP contribution < -0.4 is 0 Å². The van der Waals surface area contributed by atoms with Gasteiger partial charge in [0.05, 0.1) is 0 Å². The molecule has 0 fully saturated rings. The summed E-state index contributed by atoms with van der Waals surface area (Å²) in [6.45, 7) is 6.17. The lowest BCUT2D eigenvalue weighted by Crippen LogP contribution is -2.04. The summed E-state index contributed by atoms with van der Waals surface area (Å²) >= 11 is 0. The summed E-state index contributed by atoms with van der Waals surface area (Å²) in [5.41, 5.74) is 6.08. The lowest BCUT2D eigenvalue weighted by atomic mass is 9.95. The van der Waals surface area contributed by atoms with E-state index in [1.807, 2.05) is 50.4 Å². The van der Waals surface area contributed by atoms with E-state index >= 15 is 0 Å². The summed E-state index contributed by atoms with van der Waals surface area (Å²) in [6.07, 6.45) is 2.79. The first kappa shape index (κ1) is 13.6. The third-order valence-electron chi connectivity index (χ3n) is 4.28. The smallest absolute Gasteiger partial charge is 0.195 e. The minimum atomic E-state index is 0.0932. The number of carbonyl (C=O) groups excluding carboxylic acids is 1. The number of nitrogens with one attached hydrogen (secondary N) is 1. The number of rotatable bonds is 3. The monoisotopic (exact) mass is 277 g/mol. The van der Waals surface area contributed by atoms with E-state index in [-0.39, 0.29) is 5.78 Å². The van der Waals surface area contributed by atoms with Gasteiger partial charge in [0, 0.05) is 28.2 Å². The molecule has 0 unspecified atom stereocenters. The van der Waals surface area contributed by atoms with Gasteiger partial charge >= 0.3 is 0 Å². The summed E-state index contributed by atoms with van der Waals surface area (Å²) in [5, 5.41) is 1.01. The van der Waals surface area contributed by atoms with Crippen molar-refractivity contribution >= 4 is 16.7 Å². The summed E-state index contributed by atoms with van der Waals surface area (Å²) in [5.74, 6) is 0.0932. The molecule has 0 aliphatic heterocycles. The van der Waals surface area contributed by atoms with Crippen LogP contribution in [0.3, 0.4) is 0 Å². The Morgan fingerprint density at radius 3 is 2.57 bits per heavy atom. The molecule has 0 saturated heterocycles. The van der Waals surface area contributed by atoms with Crippen molar-refractivity contribution in [2.24, 2.45) is 0 Å². The Kier molecular flexibility index (Phi) is 3.38. The van der Waals surface area contributed by atoms with Crippen LogP contribution in [-0.2, 0) is 6.42 Å². The van der Waals surface area contributed by atoms with Crippen LogP contribution >= 0.6 is 0 Å². The molecule has 0 radical (unpaired) electrons. The predicted molar refractivity (Wildman–Crippen MR) is 87.0 cm³/mol. The molecule has 1 heterocycles. The first-order valence-corrected chi connectivity index (χ1v) is 7.33. The number of benzene rings is 2. The molecule has 2 nitrogen and oxygen atoms in total. The molecule has 1 N–H and O–H groups in total. The van der Waals surface area contributed by atoms with E-state index < -0.39 is 0 Å². The number of ketones is 1. The highest BCUT2D eigenvalue weighted by Crippen LogP contribution is 2.25. The zero-order valence-corrected chi connectivity index (χ0v) is 12.7. The largest absolute Gasteiger partial charge is 0.360 e. The summed E-state index contributed by atoms with van der Waals surface area (Å²) in [7, 11) is 0. The fraction of sp³-hybridized carbons (Fsp3) is 0.211. The first-order chi connectivity index (χ1) is 10.1. The number of hydrogen-bond acceptors (Lipinski definition) is 1. The van der Waals surface area contributed by atoms with E-state index in [0.29, 0.717) is 0 Å². The van der Waals surface area contributed by atoms with Crippen LogP contribution in [0, 0.1) is 13.8 Å². The van der Waals surface area contributed by atoms with Gasteiger partial charge in [0.15, 0.2) is 5.78 Å². The van der Waals surface area contributed by atoms with Crippen molar-refractivity contribution in [3.8, 4) is 0 Å². The van der Waals surface area contributed by atoms with E-state index in [2.05, 4.69) is 18.0 Å². The normalized spacial score (nSPS) is 11.0. The highest BCUT2D eigenvalue weighted by Gasteiger charge is 2.17. The van der Waals surface area contributed by atoms with Gasteiger partial charge in [0.25, 0.3) is 0 Å². The molecular weight excluding hydrogens is 258 g/mol. The van der Waals surface area contributed by atoms with Gasteiger partial charge in [0.2, 0.25) is 0 Å². The maximum Gasteiger partial charge on any atom is 0.195 e. The Bertz CT molecular complexity index is 827. The molecule has 106 valence electrons. The zero-order valence-electron chi connectivity index (χ0n) is 12.7. The Morgan fingerprint density at radius 1 is 1.05 bits per heavy atom. The van der Waals surface area contributed by atoms with E-state index in [1.165, 1.54) is 5.56 Å². The minimum Gasteiger partial charge on any atom is -0.360 e. The molecule has 0 aliphatic carbocycles. The molecule has 3 aromatic rings. The first-order valence-electron chi connectivity index (χ1n) is 7.33. The van der Waals surface area contributed by atoms with Gasteiger partial charge in [-0.25, -0.2) is 0 Å². The van der Waals surface area contributed by atoms with Crippen molar-refractivity contribution in [3.05, 3.63) is 70.4 Å². The highest BCUT2D eigenvalue weighted by molar-refractivity contribution is 6.17. The van der Waals surface area contributed by atoms with Crippen LogP contribution in [-0.4, -0.2) is 10.8 Å². The topological polar surface area (TPSA) is 32.9 Å². The predicted octanol–water partition coefficient (Wildman–Crippen LogP) is 4.58. The summed E-state index contributed by atoms with van der Waals surface area (Å²) < 4.78 is 0. The van der Waals surface area contributed by atoms with Crippen molar-refractivity contribution in [1.82, 2.24) is 4.98 Å². The van der Waals surface area contributed by atoms with Gasteiger partial charge in [-0.05, 0) is 37.0 Å². The molecule has 0 spiro atoms. The standard InChI is InChI=1S/C19H19NO/c1-4-14-8-6-10-16-17(11-20-18(14)16)19(21)15-9-5-7-12(2)13(15)3/h5-11,20H,4H2,1-3H3. The Morgan fingerprint density at radius 2 is 1.81 bits per heavy atom. The average Bonchev–Trinajstić information content (AvgIpc) is 2.93. The van der Waals surface area contributed by atoms with E-state index in [4.69, 9.17) is 0 Å². The molecule has 0 atom stereocenters. The summed E-state index contributed by atoms with van der Waals surface area (Å²) in [4.78, 5) is 16.1. The van der Waals surface area contributed by atoms with Gasteiger partial charge in [0.1, 0.15) is 0 Å². The Labute approximate surface area is 124 Å². The van der Waals surface area contributed by atoms with Gasteiger partial charge in [-0.2, -0.15) is 0 Å². The number of fused-ring (bicyclic) bond motifs is 1. The number of aryl methyl sites for hydroxylation is 2. The molecular formula is C19H19NO. The maximum absolute atomic E-state index is 12.9. The summed E-state index contributed by atoms with van der Waals surface area (Å²) in [6, 6.07) is 12.0. The molecule has 2 heteroatoms. The molecule has 2 aromatic carbocycles. The molecule has 0 aliphatic rings. The van der Waals surface area contributed by atoms with Gasteiger partial charge < -0.3 is 4.98 Å². The van der Waals surface area contributed by atoms with E-state index in [9.17, 15) is 4.79 Å². The molecule has 21 heavy (non-hydrogen) atoms. The Balaban J connectivity index is 2.17.